The third kappa shape index (κ3) is 5.31. The van der Waals surface area contributed by atoms with Gasteiger partial charge in [-0.25, -0.2) is 0 Å². The fourth-order valence-electron chi connectivity index (χ4n) is 3.20. The fraction of sp³-hybridized carbons (Fsp3) is 0.381. The van der Waals surface area contributed by atoms with E-state index in [1.54, 1.807) is 25.1 Å². The van der Waals surface area contributed by atoms with Gasteiger partial charge >= 0.3 is 0 Å². The standard InChI is InChI=1S/C21H24Cl2N2O3/c1-13-11-25(12-14(2)27-13)17-6-4-16(5-7-17)24-21(26)15(3)28-18-8-9-19(22)20(23)10-18/h4-10,13-15H,11-12H2,1-3H3,(H,24,26). The second kappa shape index (κ2) is 9.03. The molecule has 1 N–H and O–H groups in total. The van der Waals surface area contributed by atoms with Crippen LogP contribution in [0.5, 0.6) is 5.75 Å². The van der Waals surface area contributed by atoms with Gasteiger partial charge < -0.3 is 19.7 Å². The molecule has 0 aromatic heterocycles. The third-order valence-electron chi connectivity index (χ3n) is 4.49. The Bertz CT molecular complexity index is 819. The Morgan fingerprint density at radius 2 is 1.75 bits per heavy atom. The summed E-state index contributed by atoms with van der Waals surface area (Å²) < 4.78 is 11.4. The van der Waals surface area contributed by atoms with Crippen molar-refractivity contribution in [1.29, 1.82) is 0 Å². The van der Waals surface area contributed by atoms with Gasteiger partial charge in [-0.05, 0) is 57.2 Å². The van der Waals surface area contributed by atoms with Crippen molar-refractivity contribution in [2.45, 2.75) is 39.1 Å². The summed E-state index contributed by atoms with van der Waals surface area (Å²) in [7, 11) is 0. The smallest absolute Gasteiger partial charge is 0.265 e. The topological polar surface area (TPSA) is 50.8 Å². The highest BCUT2D eigenvalue weighted by Crippen LogP contribution is 2.27. The first-order valence-corrected chi connectivity index (χ1v) is 10.0. The SMILES string of the molecule is CC1CN(c2ccc(NC(=O)C(C)Oc3ccc(Cl)c(Cl)c3)cc2)CC(C)O1. The van der Waals surface area contributed by atoms with E-state index in [4.69, 9.17) is 32.7 Å². The van der Waals surface area contributed by atoms with Crippen molar-refractivity contribution < 1.29 is 14.3 Å². The maximum Gasteiger partial charge on any atom is 0.265 e. The Hall–Kier alpha value is -1.95. The van der Waals surface area contributed by atoms with Crippen LogP contribution in [-0.4, -0.2) is 37.3 Å². The number of nitrogens with zero attached hydrogens (tertiary/aromatic N) is 1. The fourth-order valence-corrected chi connectivity index (χ4v) is 3.48. The zero-order chi connectivity index (χ0) is 20.3. The highest BCUT2D eigenvalue weighted by atomic mass is 35.5. The van der Waals surface area contributed by atoms with Gasteiger partial charge in [0, 0.05) is 30.5 Å². The van der Waals surface area contributed by atoms with Crippen LogP contribution in [-0.2, 0) is 9.53 Å². The summed E-state index contributed by atoms with van der Waals surface area (Å²) in [6.45, 7) is 7.54. The number of morpholine rings is 1. The summed E-state index contributed by atoms with van der Waals surface area (Å²) in [5, 5.41) is 3.69. The van der Waals surface area contributed by atoms with E-state index in [0.29, 0.717) is 21.5 Å². The molecule has 3 unspecified atom stereocenters. The van der Waals surface area contributed by atoms with Gasteiger partial charge in [-0.2, -0.15) is 0 Å². The van der Waals surface area contributed by atoms with E-state index in [1.165, 1.54) is 0 Å². The monoisotopic (exact) mass is 422 g/mol. The molecule has 0 aliphatic carbocycles. The van der Waals surface area contributed by atoms with Gasteiger partial charge in [0.25, 0.3) is 5.91 Å². The lowest BCUT2D eigenvalue weighted by molar-refractivity contribution is -0.122. The zero-order valence-electron chi connectivity index (χ0n) is 16.1. The molecule has 1 saturated heterocycles. The Balaban J connectivity index is 1.58. The number of benzene rings is 2. The normalized spacial score (nSPS) is 20.5. The van der Waals surface area contributed by atoms with Crippen LogP contribution < -0.4 is 15.0 Å². The molecule has 0 radical (unpaired) electrons. The number of hydrogen-bond donors (Lipinski definition) is 1. The van der Waals surface area contributed by atoms with Crippen LogP contribution >= 0.6 is 23.2 Å². The Kier molecular flexibility index (Phi) is 6.70. The van der Waals surface area contributed by atoms with Crippen LogP contribution in [0.4, 0.5) is 11.4 Å². The van der Waals surface area contributed by atoms with Crippen molar-refractivity contribution in [3.05, 3.63) is 52.5 Å². The number of carbonyl (C=O) groups excluding carboxylic acids is 1. The predicted octanol–water partition coefficient (Wildman–Crippen LogP) is 5.01. The first kappa shape index (κ1) is 20.8. The summed E-state index contributed by atoms with van der Waals surface area (Å²) >= 11 is 11.9. The quantitative estimate of drug-likeness (QED) is 0.735. The van der Waals surface area contributed by atoms with Crippen LogP contribution in [0.1, 0.15) is 20.8 Å². The number of halogens is 2. The Labute approximate surface area is 175 Å². The van der Waals surface area contributed by atoms with Gasteiger partial charge in [0.2, 0.25) is 0 Å². The molecule has 28 heavy (non-hydrogen) atoms. The summed E-state index contributed by atoms with van der Waals surface area (Å²) in [5.74, 6) is 0.246. The number of rotatable bonds is 5. The minimum Gasteiger partial charge on any atom is -0.481 e. The van der Waals surface area contributed by atoms with Crippen LogP contribution in [0.15, 0.2) is 42.5 Å². The summed E-state index contributed by atoms with van der Waals surface area (Å²) in [6, 6.07) is 12.7. The molecule has 2 aromatic carbocycles. The second-order valence-corrected chi connectivity index (χ2v) is 7.85. The maximum absolute atomic E-state index is 12.4. The molecule has 3 rings (SSSR count). The minimum atomic E-state index is -0.683. The molecule has 7 heteroatoms. The van der Waals surface area contributed by atoms with E-state index >= 15 is 0 Å². The molecule has 0 spiro atoms. The molecule has 1 aliphatic heterocycles. The van der Waals surface area contributed by atoms with Crippen molar-refractivity contribution in [1.82, 2.24) is 0 Å². The Morgan fingerprint density at radius 1 is 1.11 bits per heavy atom. The van der Waals surface area contributed by atoms with Crippen molar-refractivity contribution in [3.8, 4) is 5.75 Å². The molecule has 3 atom stereocenters. The number of nitrogens with one attached hydrogen (secondary N) is 1. The molecule has 150 valence electrons. The first-order valence-electron chi connectivity index (χ1n) is 9.25. The lowest BCUT2D eigenvalue weighted by Gasteiger charge is -2.36. The van der Waals surface area contributed by atoms with Crippen molar-refractivity contribution >= 4 is 40.5 Å². The number of ether oxygens (including phenoxy) is 2. The van der Waals surface area contributed by atoms with Gasteiger partial charge in [-0.15, -0.1) is 0 Å². The van der Waals surface area contributed by atoms with Crippen molar-refractivity contribution in [3.63, 3.8) is 0 Å². The van der Waals surface area contributed by atoms with Crippen LogP contribution in [0, 0.1) is 0 Å². The highest BCUT2D eigenvalue weighted by Gasteiger charge is 2.22. The van der Waals surface area contributed by atoms with Crippen LogP contribution in [0.2, 0.25) is 10.0 Å². The minimum absolute atomic E-state index is 0.197. The van der Waals surface area contributed by atoms with E-state index in [2.05, 4.69) is 24.1 Å². The van der Waals surface area contributed by atoms with E-state index in [0.717, 1.165) is 18.8 Å². The molecule has 1 heterocycles. The molecular weight excluding hydrogens is 399 g/mol. The third-order valence-corrected chi connectivity index (χ3v) is 5.23. The van der Waals surface area contributed by atoms with Crippen molar-refractivity contribution in [2.24, 2.45) is 0 Å². The van der Waals surface area contributed by atoms with Crippen molar-refractivity contribution in [2.75, 3.05) is 23.3 Å². The molecule has 1 fully saturated rings. The van der Waals surface area contributed by atoms with E-state index in [-0.39, 0.29) is 18.1 Å². The second-order valence-electron chi connectivity index (χ2n) is 7.03. The maximum atomic E-state index is 12.4. The average Bonchev–Trinajstić information content (AvgIpc) is 2.64. The van der Waals surface area contributed by atoms with Gasteiger partial charge in [0.15, 0.2) is 6.10 Å². The summed E-state index contributed by atoms with van der Waals surface area (Å²) in [6.07, 6.45) is -0.289. The number of anilines is 2. The number of amides is 1. The van der Waals surface area contributed by atoms with E-state index < -0.39 is 6.10 Å². The molecule has 0 saturated carbocycles. The summed E-state index contributed by atoms with van der Waals surface area (Å²) in [4.78, 5) is 14.7. The first-order chi connectivity index (χ1) is 13.3. The van der Waals surface area contributed by atoms with Crippen LogP contribution in [0.3, 0.4) is 0 Å². The molecular formula is C21H24Cl2N2O3. The molecule has 1 aliphatic rings. The molecule has 2 aromatic rings. The zero-order valence-corrected chi connectivity index (χ0v) is 17.6. The van der Waals surface area contributed by atoms with Gasteiger partial charge in [0.05, 0.1) is 22.3 Å². The lowest BCUT2D eigenvalue weighted by atomic mass is 10.2. The van der Waals surface area contributed by atoms with Crippen LogP contribution in [0.25, 0.3) is 0 Å². The Morgan fingerprint density at radius 3 is 2.36 bits per heavy atom. The number of hydrogen-bond acceptors (Lipinski definition) is 4. The lowest BCUT2D eigenvalue weighted by Crippen LogP contribution is -2.45. The molecule has 0 bridgehead atoms. The highest BCUT2D eigenvalue weighted by molar-refractivity contribution is 6.42. The number of carbonyl (C=O) groups is 1. The van der Waals surface area contributed by atoms with Gasteiger partial charge in [-0.1, -0.05) is 23.2 Å². The average molecular weight is 423 g/mol. The molecule has 5 nitrogen and oxygen atoms in total. The summed E-state index contributed by atoms with van der Waals surface area (Å²) in [5.41, 5.74) is 1.83. The van der Waals surface area contributed by atoms with Gasteiger partial charge in [0.1, 0.15) is 5.75 Å². The largest absolute Gasteiger partial charge is 0.481 e. The molecule has 1 amide bonds. The van der Waals surface area contributed by atoms with E-state index in [9.17, 15) is 4.79 Å². The van der Waals surface area contributed by atoms with E-state index in [1.807, 2.05) is 24.3 Å². The van der Waals surface area contributed by atoms with Gasteiger partial charge in [-0.3, -0.25) is 4.79 Å². The predicted molar refractivity (Wildman–Crippen MR) is 114 cm³/mol.